The summed E-state index contributed by atoms with van der Waals surface area (Å²) in [5.41, 5.74) is 0. The van der Waals surface area contributed by atoms with Crippen molar-refractivity contribution in [3.05, 3.63) is 0 Å². The minimum Gasteiger partial charge on any atom is -0.480 e. The monoisotopic (exact) mass is 360 g/mol. The van der Waals surface area contributed by atoms with Crippen molar-refractivity contribution in [1.29, 1.82) is 0 Å². The number of hydrogen-bond donors (Lipinski definition) is 3. The molecular formula is C16H28N2O7. The van der Waals surface area contributed by atoms with Gasteiger partial charge in [0.2, 0.25) is 11.8 Å². The van der Waals surface area contributed by atoms with E-state index in [4.69, 9.17) is 14.6 Å². The summed E-state index contributed by atoms with van der Waals surface area (Å²) in [7, 11) is 0. The highest BCUT2D eigenvalue weighted by atomic mass is 16.5. The Morgan fingerprint density at radius 3 is 2.24 bits per heavy atom. The quantitative estimate of drug-likeness (QED) is 0.363. The van der Waals surface area contributed by atoms with Gasteiger partial charge in [-0.1, -0.05) is 13.8 Å². The van der Waals surface area contributed by atoms with Crippen molar-refractivity contribution in [2.45, 2.75) is 39.7 Å². The first-order chi connectivity index (χ1) is 11.7. The number of carbonyl (C=O) groups excluding carboxylic acids is 3. The van der Waals surface area contributed by atoms with Crippen LogP contribution in [-0.2, 0) is 28.7 Å². The molecule has 0 unspecified atom stereocenters. The van der Waals surface area contributed by atoms with Gasteiger partial charge >= 0.3 is 5.97 Å². The largest absolute Gasteiger partial charge is 0.480 e. The summed E-state index contributed by atoms with van der Waals surface area (Å²) in [6.07, 6.45) is -0.00298. The topological polar surface area (TPSA) is 131 Å². The molecule has 1 atom stereocenters. The minimum atomic E-state index is -1.18. The molecule has 0 heterocycles. The van der Waals surface area contributed by atoms with Gasteiger partial charge in [-0.05, 0) is 6.42 Å². The second kappa shape index (κ2) is 13.3. The Morgan fingerprint density at radius 2 is 1.68 bits per heavy atom. The molecule has 0 bridgehead atoms. The van der Waals surface area contributed by atoms with Gasteiger partial charge in [-0.3, -0.25) is 14.4 Å². The van der Waals surface area contributed by atoms with Gasteiger partial charge < -0.3 is 25.2 Å². The van der Waals surface area contributed by atoms with Gasteiger partial charge in [0, 0.05) is 25.8 Å². The highest BCUT2D eigenvalue weighted by Gasteiger charge is 2.19. The first-order valence-electron chi connectivity index (χ1n) is 8.18. The van der Waals surface area contributed by atoms with Gasteiger partial charge in [0.25, 0.3) is 0 Å². The number of amides is 2. The molecule has 0 aliphatic rings. The van der Waals surface area contributed by atoms with Crippen molar-refractivity contribution in [2.75, 3.05) is 33.0 Å². The van der Waals surface area contributed by atoms with Crippen LogP contribution in [0.1, 0.15) is 33.6 Å². The van der Waals surface area contributed by atoms with Crippen LogP contribution in [-0.4, -0.2) is 67.7 Å². The van der Waals surface area contributed by atoms with Crippen LogP contribution in [0.25, 0.3) is 0 Å². The molecule has 0 aromatic carbocycles. The van der Waals surface area contributed by atoms with E-state index in [2.05, 4.69) is 10.6 Å². The smallest absolute Gasteiger partial charge is 0.326 e. The molecule has 0 aromatic heterocycles. The normalized spacial score (nSPS) is 11.8. The van der Waals surface area contributed by atoms with E-state index in [1.54, 1.807) is 13.8 Å². The molecule has 9 nitrogen and oxygen atoms in total. The number of aliphatic carboxylic acids is 1. The van der Waals surface area contributed by atoms with E-state index in [1.165, 1.54) is 6.92 Å². The van der Waals surface area contributed by atoms with Gasteiger partial charge in [-0.15, -0.1) is 0 Å². The minimum absolute atomic E-state index is 0.0132. The van der Waals surface area contributed by atoms with Crippen molar-refractivity contribution < 1.29 is 33.8 Å². The molecule has 0 spiro atoms. The predicted molar refractivity (Wildman–Crippen MR) is 89.0 cm³/mol. The number of rotatable bonds is 14. The summed E-state index contributed by atoms with van der Waals surface area (Å²) in [4.78, 5) is 44.7. The SMILES string of the molecule is CC(=O)N[C@@H](CCC(=O)NCCOCCOCC(=O)C(C)C)C(=O)O. The molecule has 0 saturated carbocycles. The Morgan fingerprint density at radius 1 is 1.04 bits per heavy atom. The fraction of sp³-hybridized carbons (Fsp3) is 0.750. The Labute approximate surface area is 147 Å². The van der Waals surface area contributed by atoms with Crippen molar-refractivity contribution in [3.63, 3.8) is 0 Å². The molecule has 0 radical (unpaired) electrons. The molecule has 2 amide bonds. The van der Waals surface area contributed by atoms with Crippen LogP contribution in [0.15, 0.2) is 0 Å². The number of ether oxygens (including phenoxy) is 2. The van der Waals surface area contributed by atoms with Crippen LogP contribution in [0.3, 0.4) is 0 Å². The van der Waals surface area contributed by atoms with Crippen LogP contribution in [0, 0.1) is 5.92 Å². The number of carbonyl (C=O) groups is 4. The molecule has 0 aliphatic heterocycles. The van der Waals surface area contributed by atoms with Gasteiger partial charge in [-0.25, -0.2) is 4.79 Å². The molecule has 0 saturated heterocycles. The maximum absolute atomic E-state index is 11.6. The molecule has 3 N–H and O–H groups in total. The van der Waals surface area contributed by atoms with Gasteiger partial charge in [0.15, 0.2) is 5.78 Å². The van der Waals surface area contributed by atoms with Crippen LogP contribution in [0.2, 0.25) is 0 Å². The second-order valence-corrected chi connectivity index (χ2v) is 5.77. The molecular weight excluding hydrogens is 332 g/mol. The molecule has 0 rings (SSSR count). The van der Waals surface area contributed by atoms with E-state index in [9.17, 15) is 19.2 Å². The fourth-order valence-corrected chi connectivity index (χ4v) is 1.69. The standard InChI is InChI=1S/C16H28N2O7/c1-11(2)14(20)10-25-9-8-24-7-6-17-15(21)5-4-13(16(22)23)18-12(3)19/h11,13H,4-10H2,1-3H3,(H,17,21)(H,18,19)(H,22,23)/t13-/m0/s1. The second-order valence-electron chi connectivity index (χ2n) is 5.77. The summed E-state index contributed by atoms with van der Waals surface area (Å²) in [5, 5.41) is 13.8. The summed E-state index contributed by atoms with van der Waals surface area (Å²) in [5.74, 6) is -1.98. The third-order valence-electron chi connectivity index (χ3n) is 3.16. The van der Waals surface area contributed by atoms with Gasteiger partial charge in [-0.2, -0.15) is 0 Å². The average Bonchev–Trinajstić information content (AvgIpc) is 2.52. The lowest BCUT2D eigenvalue weighted by Gasteiger charge is -2.13. The Bertz CT molecular complexity index is 452. The summed E-state index contributed by atoms with van der Waals surface area (Å²) in [6, 6.07) is -1.08. The predicted octanol–water partition coefficient (Wildman–Crippen LogP) is -0.270. The summed E-state index contributed by atoms with van der Waals surface area (Å²) in [6.45, 7) is 6.06. The lowest BCUT2D eigenvalue weighted by atomic mass is 10.1. The average molecular weight is 360 g/mol. The van der Waals surface area contributed by atoms with E-state index >= 15 is 0 Å². The number of hydrogen-bond acceptors (Lipinski definition) is 6. The van der Waals surface area contributed by atoms with Crippen molar-refractivity contribution >= 4 is 23.6 Å². The van der Waals surface area contributed by atoms with Crippen LogP contribution >= 0.6 is 0 Å². The Balaban J connectivity index is 3.65. The first kappa shape index (κ1) is 23.0. The van der Waals surface area contributed by atoms with Gasteiger partial charge in [0.05, 0.1) is 19.8 Å². The Hall–Kier alpha value is -2.00. The van der Waals surface area contributed by atoms with E-state index in [-0.39, 0.29) is 50.2 Å². The zero-order valence-electron chi connectivity index (χ0n) is 15.0. The Kier molecular flexibility index (Phi) is 12.2. The molecule has 9 heteroatoms. The molecule has 0 aromatic rings. The molecule has 0 aliphatic carbocycles. The maximum atomic E-state index is 11.6. The maximum Gasteiger partial charge on any atom is 0.326 e. The lowest BCUT2D eigenvalue weighted by molar-refractivity contribution is -0.141. The zero-order valence-corrected chi connectivity index (χ0v) is 15.0. The highest BCUT2D eigenvalue weighted by molar-refractivity contribution is 5.83. The summed E-state index contributed by atoms with van der Waals surface area (Å²) < 4.78 is 10.4. The fourth-order valence-electron chi connectivity index (χ4n) is 1.69. The number of Topliss-reactive ketones (excluding diaryl/α,β-unsaturated/α-hetero) is 1. The lowest BCUT2D eigenvalue weighted by Crippen LogP contribution is -2.40. The number of nitrogens with one attached hydrogen (secondary N) is 2. The van der Waals surface area contributed by atoms with Gasteiger partial charge in [0.1, 0.15) is 12.6 Å². The third-order valence-corrected chi connectivity index (χ3v) is 3.16. The molecule has 25 heavy (non-hydrogen) atoms. The highest BCUT2D eigenvalue weighted by Crippen LogP contribution is 1.98. The number of carboxylic acid groups (broad SMARTS) is 1. The number of ketones is 1. The third kappa shape index (κ3) is 13.0. The zero-order chi connectivity index (χ0) is 19.2. The van der Waals surface area contributed by atoms with E-state index in [0.717, 1.165) is 0 Å². The first-order valence-corrected chi connectivity index (χ1v) is 8.18. The van der Waals surface area contributed by atoms with E-state index < -0.39 is 17.9 Å². The van der Waals surface area contributed by atoms with Crippen molar-refractivity contribution in [2.24, 2.45) is 5.92 Å². The van der Waals surface area contributed by atoms with Crippen molar-refractivity contribution in [3.8, 4) is 0 Å². The van der Waals surface area contributed by atoms with E-state index in [0.29, 0.717) is 13.2 Å². The van der Waals surface area contributed by atoms with E-state index in [1.807, 2.05) is 0 Å². The van der Waals surface area contributed by atoms with Crippen LogP contribution in [0.5, 0.6) is 0 Å². The van der Waals surface area contributed by atoms with Crippen LogP contribution in [0.4, 0.5) is 0 Å². The van der Waals surface area contributed by atoms with Crippen molar-refractivity contribution in [1.82, 2.24) is 10.6 Å². The molecule has 0 fully saturated rings. The molecule has 144 valence electrons. The summed E-state index contributed by atoms with van der Waals surface area (Å²) >= 11 is 0. The van der Waals surface area contributed by atoms with Crippen LogP contribution < -0.4 is 10.6 Å². The number of carboxylic acids is 1.